The summed E-state index contributed by atoms with van der Waals surface area (Å²) in [5.74, 6) is -0.0643. The predicted molar refractivity (Wildman–Crippen MR) is 89.1 cm³/mol. The lowest BCUT2D eigenvalue weighted by Gasteiger charge is -2.32. The van der Waals surface area contributed by atoms with E-state index < -0.39 is 0 Å². The van der Waals surface area contributed by atoms with Crippen LogP contribution in [0, 0.1) is 5.82 Å². The third kappa shape index (κ3) is 2.82. The van der Waals surface area contributed by atoms with Gasteiger partial charge < -0.3 is 4.90 Å². The summed E-state index contributed by atoms with van der Waals surface area (Å²) in [6, 6.07) is 6.44. The van der Waals surface area contributed by atoms with Crippen LogP contribution in [0.3, 0.4) is 0 Å². The Hall–Kier alpha value is -2.21. The van der Waals surface area contributed by atoms with Crippen molar-refractivity contribution < 1.29 is 9.18 Å². The van der Waals surface area contributed by atoms with E-state index in [-0.39, 0.29) is 17.8 Å². The molecule has 2 aromatic rings. The smallest absolute Gasteiger partial charge is 0.244 e. The van der Waals surface area contributed by atoms with Gasteiger partial charge in [-0.3, -0.25) is 14.8 Å². The van der Waals surface area contributed by atoms with Gasteiger partial charge in [-0.2, -0.15) is 5.10 Å². The van der Waals surface area contributed by atoms with Crippen LogP contribution in [-0.4, -0.2) is 40.1 Å². The third-order valence-electron chi connectivity index (χ3n) is 5.01. The van der Waals surface area contributed by atoms with Crippen molar-refractivity contribution in [3.05, 3.63) is 47.5 Å². The lowest BCUT2D eigenvalue weighted by atomic mass is 10.1. The van der Waals surface area contributed by atoms with Crippen molar-refractivity contribution in [2.24, 2.45) is 0 Å². The SMILES string of the molecule is O=C([C@H]1CCCN1Cc1ccc(F)cc1)N1CCCc2[nH]ncc21. The zero-order chi connectivity index (χ0) is 16.5. The number of hydrogen-bond donors (Lipinski definition) is 1. The Bertz CT molecular complexity index is 727. The monoisotopic (exact) mass is 328 g/mol. The minimum atomic E-state index is -0.228. The van der Waals surface area contributed by atoms with E-state index in [4.69, 9.17) is 0 Å². The molecular formula is C18H21FN4O. The molecule has 24 heavy (non-hydrogen) atoms. The molecular weight excluding hydrogens is 307 g/mol. The van der Waals surface area contributed by atoms with Crippen LogP contribution in [0.25, 0.3) is 0 Å². The number of nitrogens with zero attached hydrogens (tertiary/aromatic N) is 3. The highest BCUT2D eigenvalue weighted by atomic mass is 19.1. The topological polar surface area (TPSA) is 52.2 Å². The van der Waals surface area contributed by atoms with Crippen molar-refractivity contribution in [2.45, 2.75) is 38.3 Å². The van der Waals surface area contributed by atoms with Gasteiger partial charge in [0, 0.05) is 13.1 Å². The van der Waals surface area contributed by atoms with Gasteiger partial charge in [-0.15, -0.1) is 0 Å². The molecule has 0 saturated carbocycles. The maximum absolute atomic E-state index is 13.1. The normalized spacial score (nSPS) is 21.0. The van der Waals surface area contributed by atoms with Gasteiger partial charge in [-0.25, -0.2) is 4.39 Å². The molecule has 1 atom stereocenters. The number of aromatic amines is 1. The number of carbonyl (C=O) groups excluding carboxylic acids is 1. The standard InChI is InChI=1S/C18H21FN4O/c19-14-7-5-13(6-8-14)12-22-9-2-4-16(22)18(24)23-10-1-3-15-17(23)11-20-21-15/h5-8,11,16H,1-4,9-10,12H2,(H,20,21)/t16-/m1/s1. The summed E-state index contributed by atoms with van der Waals surface area (Å²) in [6.07, 6.45) is 5.56. The summed E-state index contributed by atoms with van der Waals surface area (Å²) in [7, 11) is 0. The Morgan fingerprint density at radius 3 is 2.92 bits per heavy atom. The highest BCUT2D eigenvalue weighted by Crippen LogP contribution is 2.29. The van der Waals surface area contributed by atoms with E-state index in [1.165, 1.54) is 12.1 Å². The Balaban J connectivity index is 1.51. The van der Waals surface area contributed by atoms with Crippen molar-refractivity contribution in [2.75, 3.05) is 18.0 Å². The average molecular weight is 328 g/mol. The fourth-order valence-electron chi connectivity index (χ4n) is 3.79. The molecule has 6 heteroatoms. The number of anilines is 1. The third-order valence-corrected chi connectivity index (χ3v) is 5.01. The van der Waals surface area contributed by atoms with Gasteiger partial charge >= 0.3 is 0 Å². The number of nitrogens with one attached hydrogen (secondary N) is 1. The van der Waals surface area contributed by atoms with Gasteiger partial charge in [0.25, 0.3) is 0 Å². The minimum absolute atomic E-state index is 0.101. The molecule has 0 bridgehead atoms. The zero-order valence-electron chi connectivity index (χ0n) is 13.5. The molecule has 0 radical (unpaired) electrons. The molecule has 4 rings (SSSR count). The molecule has 126 valence electrons. The van der Waals surface area contributed by atoms with Crippen molar-refractivity contribution in [3.8, 4) is 0 Å². The fourth-order valence-corrected chi connectivity index (χ4v) is 3.79. The van der Waals surface area contributed by atoms with E-state index in [2.05, 4.69) is 15.1 Å². The summed E-state index contributed by atoms with van der Waals surface area (Å²) >= 11 is 0. The van der Waals surface area contributed by atoms with E-state index >= 15 is 0 Å². The molecule has 1 fully saturated rings. The molecule has 1 saturated heterocycles. The van der Waals surface area contributed by atoms with Crippen LogP contribution < -0.4 is 4.90 Å². The van der Waals surface area contributed by atoms with E-state index in [0.29, 0.717) is 6.54 Å². The molecule has 1 aromatic carbocycles. The van der Waals surface area contributed by atoms with Crippen molar-refractivity contribution in [1.29, 1.82) is 0 Å². The van der Waals surface area contributed by atoms with Crippen LogP contribution in [0.1, 0.15) is 30.5 Å². The Morgan fingerprint density at radius 1 is 1.25 bits per heavy atom. The number of fused-ring (bicyclic) bond motifs is 1. The summed E-state index contributed by atoms with van der Waals surface area (Å²) < 4.78 is 13.1. The van der Waals surface area contributed by atoms with Crippen LogP contribution >= 0.6 is 0 Å². The zero-order valence-corrected chi connectivity index (χ0v) is 13.5. The highest BCUT2D eigenvalue weighted by Gasteiger charge is 2.36. The quantitative estimate of drug-likeness (QED) is 0.942. The van der Waals surface area contributed by atoms with Gasteiger partial charge in [0.2, 0.25) is 5.91 Å². The molecule has 1 aromatic heterocycles. The van der Waals surface area contributed by atoms with Gasteiger partial charge in [-0.1, -0.05) is 12.1 Å². The second-order valence-corrected chi connectivity index (χ2v) is 6.58. The molecule has 0 spiro atoms. The molecule has 2 aliphatic heterocycles. The maximum atomic E-state index is 13.1. The van der Waals surface area contributed by atoms with Gasteiger partial charge in [-0.05, 0) is 49.9 Å². The lowest BCUT2D eigenvalue weighted by Crippen LogP contribution is -2.47. The number of halogens is 1. The fraction of sp³-hybridized carbons (Fsp3) is 0.444. The first kappa shape index (κ1) is 15.3. The largest absolute Gasteiger partial charge is 0.308 e. The molecule has 0 aliphatic carbocycles. The van der Waals surface area contributed by atoms with E-state index in [0.717, 1.165) is 55.7 Å². The number of rotatable bonds is 3. The molecule has 1 N–H and O–H groups in total. The van der Waals surface area contributed by atoms with E-state index in [1.54, 1.807) is 18.3 Å². The molecule has 1 amide bonds. The number of likely N-dealkylation sites (tertiary alicyclic amines) is 1. The number of aromatic nitrogens is 2. The predicted octanol–water partition coefficient (Wildman–Crippen LogP) is 2.49. The van der Waals surface area contributed by atoms with Gasteiger partial charge in [0.05, 0.1) is 23.6 Å². The second kappa shape index (κ2) is 6.36. The van der Waals surface area contributed by atoms with Gasteiger partial charge in [0.15, 0.2) is 0 Å². The van der Waals surface area contributed by atoms with E-state index in [9.17, 15) is 9.18 Å². The number of carbonyl (C=O) groups is 1. The van der Waals surface area contributed by atoms with E-state index in [1.807, 2.05) is 4.90 Å². The molecule has 2 aliphatic rings. The number of benzene rings is 1. The van der Waals surface area contributed by atoms with Crippen LogP contribution in [-0.2, 0) is 17.8 Å². The summed E-state index contributed by atoms with van der Waals surface area (Å²) in [6.45, 7) is 2.34. The first-order valence-electron chi connectivity index (χ1n) is 8.54. The van der Waals surface area contributed by atoms with Crippen LogP contribution in [0.5, 0.6) is 0 Å². The highest BCUT2D eigenvalue weighted by molar-refractivity contribution is 5.98. The average Bonchev–Trinajstić information content (AvgIpc) is 3.25. The van der Waals surface area contributed by atoms with Crippen LogP contribution in [0.2, 0.25) is 0 Å². The van der Waals surface area contributed by atoms with Crippen LogP contribution in [0.4, 0.5) is 10.1 Å². The summed E-state index contributed by atoms with van der Waals surface area (Å²) in [4.78, 5) is 17.2. The number of amides is 1. The van der Waals surface area contributed by atoms with Crippen molar-refractivity contribution in [3.63, 3.8) is 0 Å². The second-order valence-electron chi connectivity index (χ2n) is 6.58. The first-order valence-corrected chi connectivity index (χ1v) is 8.54. The molecule has 0 unspecified atom stereocenters. The number of H-pyrrole nitrogens is 1. The van der Waals surface area contributed by atoms with Crippen LogP contribution in [0.15, 0.2) is 30.5 Å². The Kier molecular flexibility index (Phi) is 4.06. The number of aryl methyl sites for hydroxylation is 1. The summed E-state index contributed by atoms with van der Waals surface area (Å²) in [5, 5.41) is 7.09. The summed E-state index contributed by atoms with van der Waals surface area (Å²) in [5.41, 5.74) is 3.02. The number of hydrogen-bond acceptors (Lipinski definition) is 3. The molecule has 3 heterocycles. The Morgan fingerprint density at radius 2 is 2.08 bits per heavy atom. The Labute approximate surface area is 140 Å². The lowest BCUT2D eigenvalue weighted by molar-refractivity contribution is -0.123. The first-order chi connectivity index (χ1) is 11.7. The minimum Gasteiger partial charge on any atom is -0.308 e. The van der Waals surface area contributed by atoms with Crippen molar-refractivity contribution >= 4 is 11.6 Å². The maximum Gasteiger partial charge on any atom is 0.244 e. The molecule has 5 nitrogen and oxygen atoms in total. The van der Waals surface area contributed by atoms with Crippen molar-refractivity contribution in [1.82, 2.24) is 15.1 Å². The van der Waals surface area contributed by atoms with Gasteiger partial charge in [0.1, 0.15) is 5.82 Å².